The highest BCUT2D eigenvalue weighted by Crippen LogP contribution is 2.47. The maximum atomic E-state index is 13.9. The molecule has 7 heteroatoms. The number of ether oxygens (including phenoxy) is 2. The molecular formula is C16H21F3N2O2. The zero-order valence-corrected chi connectivity index (χ0v) is 13.1. The minimum atomic E-state index is -4.40. The van der Waals surface area contributed by atoms with E-state index in [1.165, 1.54) is 0 Å². The minimum Gasteiger partial charge on any atom is -0.490 e. The van der Waals surface area contributed by atoms with Crippen molar-refractivity contribution in [3.63, 3.8) is 0 Å². The van der Waals surface area contributed by atoms with E-state index in [1.54, 1.807) is 18.1 Å². The largest absolute Gasteiger partial charge is 0.490 e. The summed E-state index contributed by atoms with van der Waals surface area (Å²) in [6, 6.07) is 1.80. The Labute approximate surface area is 133 Å². The van der Waals surface area contributed by atoms with Crippen molar-refractivity contribution >= 4 is 5.69 Å². The van der Waals surface area contributed by atoms with Crippen molar-refractivity contribution in [3.8, 4) is 5.75 Å². The predicted molar refractivity (Wildman–Crippen MR) is 81.3 cm³/mol. The Kier molecular flexibility index (Phi) is 4.68. The summed E-state index contributed by atoms with van der Waals surface area (Å²) in [5.74, 6) is 0.348. The van der Waals surface area contributed by atoms with E-state index in [0.717, 1.165) is 5.56 Å². The van der Waals surface area contributed by atoms with Gasteiger partial charge in [-0.3, -0.25) is 0 Å². The standard InChI is InChI=1S/C16H21F3N2O2/c1-22-8-6-21-7-9-23-13-10-11-2-4-20-5-3-12(11)14(15(13)21)16(17,18)19/h10,20H,2-9H2,1H3. The Morgan fingerprint density at radius 2 is 2.09 bits per heavy atom. The number of benzene rings is 1. The fraction of sp³-hybridized carbons (Fsp3) is 0.625. The molecule has 23 heavy (non-hydrogen) atoms. The van der Waals surface area contributed by atoms with Crippen LogP contribution in [0, 0.1) is 0 Å². The van der Waals surface area contributed by atoms with Crippen LogP contribution in [0.5, 0.6) is 5.75 Å². The number of halogens is 3. The van der Waals surface area contributed by atoms with Crippen LogP contribution in [0.15, 0.2) is 6.07 Å². The molecule has 0 fully saturated rings. The zero-order chi connectivity index (χ0) is 16.4. The van der Waals surface area contributed by atoms with E-state index in [4.69, 9.17) is 9.47 Å². The summed E-state index contributed by atoms with van der Waals surface area (Å²) >= 11 is 0. The van der Waals surface area contributed by atoms with Crippen LogP contribution in [0.4, 0.5) is 18.9 Å². The van der Waals surface area contributed by atoms with E-state index in [2.05, 4.69) is 5.32 Å². The third-order valence-electron chi connectivity index (χ3n) is 4.37. The molecule has 1 aromatic rings. The van der Waals surface area contributed by atoms with Crippen LogP contribution in [0.25, 0.3) is 0 Å². The smallest absolute Gasteiger partial charge is 0.418 e. The zero-order valence-electron chi connectivity index (χ0n) is 13.1. The van der Waals surface area contributed by atoms with E-state index in [0.29, 0.717) is 63.5 Å². The van der Waals surface area contributed by atoms with Gasteiger partial charge in [-0.15, -0.1) is 0 Å². The first kappa shape index (κ1) is 16.4. The first-order chi connectivity index (χ1) is 11.0. The highest BCUT2D eigenvalue weighted by molar-refractivity contribution is 5.70. The van der Waals surface area contributed by atoms with Gasteiger partial charge in [-0.05, 0) is 43.1 Å². The number of anilines is 1. The first-order valence-electron chi connectivity index (χ1n) is 7.85. The van der Waals surface area contributed by atoms with E-state index in [1.807, 2.05) is 0 Å². The van der Waals surface area contributed by atoms with Crippen molar-refractivity contribution in [3.05, 3.63) is 22.8 Å². The Morgan fingerprint density at radius 1 is 1.30 bits per heavy atom. The molecule has 4 nitrogen and oxygen atoms in total. The molecular weight excluding hydrogens is 309 g/mol. The van der Waals surface area contributed by atoms with Gasteiger partial charge >= 0.3 is 6.18 Å². The van der Waals surface area contributed by atoms with Crippen molar-refractivity contribution < 1.29 is 22.6 Å². The lowest BCUT2D eigenvalue weighted by molar-refractivity contribution is -0.138. The predicted octanol–water partition coefficient (Wildman–Crippen LogP) is 2.24. The number of methoxy groups -OCH3 is 1. The number of hydrogen-bond acceptors (Lipinski definition) is 4. The summed E-state index contributed by atoms with van der Waals surface area (Å²) < 4.78 is 52.2. The second-order valence-corrected chi connectivity index (χ2v) is 5.81. The summed E-state index contributed by atoms with van der Waals surface area (Å²) in [5.41, 5.74) is 0.815. The number of fused-ring (bicyclic) bond motifs is 2. The lowest BCUT2D eigenvalue weighted by Crippen LogP contribution is -2.37. The minimum absolute atomic E-state index is 0.182. The summed E-state index contributed by atoms with van der Waals surface area (Å²) in [6.45, 7) is 2.90. The average molecular weight is 330 g/mol. The first-order valence-corrected chi connectivity index (χ1v) is 7.85. The lowest BCUT2D eigenvalue weighted by Gasteiger charge is -2.35. The number of rotatable bonds is 3. The van der Waals surface area contributed by atoms with Gasteiger partial charge < -0.3 is 19.7 Å². The fourth-order valence-electron chi connectivity index (χ4n) is 3.34. The van der Waals surface area contributed by atoms with Gasteiger partial charge in [0.1, 0.15) is 12.4 Å². The normalized spacial score (nSPS) is 18.0. The van der Waals surface area contributed by atoms with Crippen LogP contribution in [-0.4, -0.2) is 46.5 Å². The molecule has 1 N–H and O–H groups in total. The SMILES string of the molecule is COCCN1CCOc2cc3c(c(C(F)(F)F)c21)CCNCC3. The molecule has 0 atom stereocenters. The van der Waals surface area contributed by atoms with Gasteiger partial charge in [0.25, 0.3) is 0 Å². The van der Waals surface area contributed by atoms with Crippen LogP contribution in [-0.2, 0) is 23.8 Å². The Balaban J connectivity index is 2.15. The summed E-state index contributed by atoms with van der Waals surface area (Å²) in [4.78, 5) is 1.74. The second-order valence-electron chi connectivity index (χ2n) is 5.81. The number of hydrogen-bond donors (Lipinski definition) is 1. The summed E-state index contributed by atoms with van der Waals surface area (Å²) in [5, 5.41) is 3.17. The van der Waals surface area contributed by atoms with Gasteiger partial charge in [0.15, 0.2) is 0 Å². The van der Waals surface area contributed by atoms with Gasteiger partial charge in [-0.2, -0.15) is 13.2 Å². The van der Waals surface area contributed by atoms with Crippen LogP contribution in [0.2, 0.25) is 0 Å². The Bertz CT molecular complexity index is 575. The Morgan fingerprint density at radius 3 is 2.83 bits per heavy atom. The second kappa shape index (κ2) is 6.57. The monoisotopic (exact) mass is 330 g/mol. The number of nitrogens with zero attached hydrogens (tertiary/aromatic N) is 1. The van der Waals surface area contributed by atoms with Crippen LogP contribution >= 0.6 is 0 Å². The highest BCUT2D eigenvalue weighted by Gasteiger charge is 2.41. The number of alkyl halides is 3. The van der Waals surface area contributed by atoms with Gasteiger partial charge in [0.2, 0.25) is 0 Å². The third kappa shape index (κ3) is 3.26. The molecule has 0 saturated heterocycles. The van der Waals surface area contributed by atoms with Gasteiger partial charge in [0.05, 0.1) is 24.4 Å². The molecule has 0 spiro atoms. The molecule has 2 aliphatic rings. The van der Waals surface area contributed by atoms with Crippen molar-refractivity contribution in [2.45, 2.75) is 19.0 Å². The maximum absolute atomic E-state index is 13.9. The molecule has 0 bridgehead atoms. The molecule has 0 unspecified atom stereocenters. The molecule has 0 saturated carbocycles. The van der Waals surface area contributed by atoms with Gasteiger partial charge in [-0.25, -0.2) is 0 Å². The molecule has 2 aliphatic heterocycles. The Hall–Kier alpha value is -1.47. The third-order valence-corrected chi connectivity index (χ3v) is 4.37. The molecule has 0 radical (unpaired) electrons. The van der Waals surface area contributed by atoms with Gasteiger partial charge in [0, 0.05) is 13.7 Å². The van der Waals surface area contributed by atoms with E-state index < -0.39 is 11.7 Å². The number of nitrogens with one attached hydrogen (secondary N) is 1. The molecule has 3 rings (SSSR count). The van der Waals surface area contributed by atoms with Gasteiger partial charge in [-0.1, -0.05) is 0 Å². The van der Waals surface area contributed by atoms with E-state index in [9.17, 15) is 13.2 Å². The van der Waals surface area contributed by atoms with E-state index >= 15 is 0 Å². The maximum Gasteiger partial charge on any atom is 0.418 e. The quantitative estimate of drug-likeness (QED) is 0.922. The molecule has 0 amide bonds. The molecule has 128 valence electrons. The van der Waals surface area contributed by atoms with Crippen molar-refractivity contribution in [2.75, 3.05) is 51.4 Å². The van der Waals surface area contributed by atoms with Crippen molar-refractivity contribution in [1.82, 2.24) is 5.32 Å². The lowest BCUT2D eigenvalue weighted by atomic mass is 9.93. The van der Waals surface area contributed by atoms with Crippen LogP contribution < -0.4 is 15.0 Å². The summed E-state index contributed by atoms with van der Waals surface area (Å²) in [7, 11) is 1.55. The fourth-order valence-corrected chi connectivity index (χ4v) is 3.34. The van der Waals surface area contributed by atoms with E-state index in [-0.39, 0.29) is 5.69 Å². The molecule has 0 aromatic heterocycles. The highest BCUT2D eigenvalue weighted by atomic mass is 19.4. The van der Waals surface area contributed by atoms with Crippen LogP contribution in [0.3, 0.4) is 0 Å². The van der Waals surface area contributed by atoms with Crippen molar-refractivity contribution in [1.29, 1.82) is 0 Å². The average Bonchev–Trinajstić information content (AvgIpc) is 2.74. The topological polar surface area (TPSA) is 33.7 Å². The molecule has 0 aliphatic carbocycles. The molecule has 2 heterocycles. The van der Waals surface area contributed by atoms with Crippen molar-refractivity contribution in [2.24, 2.45) is 0 Å². The summed E-state index contributed by atoms with van der Waals surface area (Å²) in [6.07, 6.45) is -3.42. The molecule has 1 aromatic carbocycles. The van der Waals surface area contributed by atoms with Crippen LogP contribution in [0.1, 0.15) is 16.7 Å².